The normalized spacial score (nSPS) is 13.0. The van der Waals surface area contributed by atoms with Crippen molar-refractivity contribution < 1.29 is 34.0 Å². The van der Waals surface area contributed by atoms with Gasteiger partial charge in [-0.3, -0.25) is 4.79 Å². The molecule has 0 unspecified atom stereocenters. The monoisotopic (exact) mass is 378 g/mol. The third-order valence-electron chi connectivity index (χ3n) is 3.78. The van der Waals surface area contributed by atoms with Crippen LogP contribution in [-0.2, 0) is 22.4 Å². The molecular formula is C18H19FN2O6. The number of aliphatic carboxylic acids is 1. The van der Waals surface area contributed by atoms with Crippen LogP contribution in [0.3, 0.4) is 0 Å². The highest BCUT2D eigenvalue weighted by Crippen LogP contribution is 2.25. The maximum absolute atomic E-state index is 14.1. The zero-order valence-corrected chi connectivity index (χ0v) is 14.1. The van der Waals surface area contributed by atoms with Gasteiger partial charge in [0.25, 0.3) is 0 Å². The fourth-order valence-electron chi connectivity index (χ4n) is 2.31. The second-order valence-electron chi connectivity index (χ2n) is 5.97. The summed E-state index contributed by atoms with van der Waals surface area (Å²) >= 11 is 0. The minimum absolute atomic E-state index is 0.000158. The molecule has 0 saturated carbocycles. The molecule has 0 heterocycles. The summed E-state index contributed by atoms with van der Waals surface area (Å²) in [7, 11) is 0. The van der Waals surface area contributed by atoms with E-state index in [1.165, 1.54) is 30.3 Å². The second kappa shape index (κ2) is 8.47. The average molecular weight is 378 g/mol. The van der Waals surface area contributed by atoms with Crippen LogP contribution in [-0.4, -0.2) is 39.3 Å². The van der Waals surface area contributed by atoms with Gasteiger partial charge in [0.2, 0.25) is 0 Å². The molecule has 8 nitrogen and oxygen atoms in total. The van der Waals surface area contributed by atoms with E-state index in [2.05, 4.69) is 0 Å². The molecule has 0 saturated heterocycles. The Bertz CT molecular complexity index is 858. The number of carboxylic acid groups (broad SMARTS) is 1. The molecule has 0 aliphatic carbocycles. The lowest BCUT2D eigenvalue weighted by atomic mass is 10.1. The number of benzene rings is 2. The molecular weight excluding hydrogens is 359 g/mol. The average Bonchev–Trinajstić information content (AvgIpc) is 2.60. The van der Waals surface area contributed by atoms with E-state index in [1.807, 2.05) is 0 Å². The van der Waals surface area contributed by atoms with Crippen LogP contribution in [0.4, 0.5) is 4.39 Å². The number of rotatable bonds is 7. The quantitative estimate of drug-likeness (QED) is 0.267. The highest BCUT2D eigenvalue weighted by Gasteiger charge is 2.20. The van der Waals surface area contributed by atoms with Gasteiger partial charge in [-0.2, -0.15) is 0 Å². The summed E-state index contributed by atoms with van der Waals surface area (Å²) in [6.07, 6.45) is -0.0792. The van der Waals surface area contributed by atoms with Crippen molar-refractivity contribution in [2.45, 2.75) is 24.9 Å². The number of ether oxygens (including phenoxy) is 1. The Balaban J connectivity index is 2.01. The topological polar surface area (TPSA) is 156 Å². The number of hydrogen-bond donors (Lipinski definition) is 5. The summed E-state index contributed by atoms with van der Waals surface area (Å²) in [6, 6.07) is 5.31. The van der Waals surface area contributed by atoms with Crippen molar-refractivity contribution in [1.82, 2.24) is 0 Å². The number of aromatic hydroxyl groups is 2. The van der Waals surface area contributed by atoms with Gasteiger partial charge in [-0.15, -0.1) is 0 Å². The van der Waals surface area contributed by atoms with Crippen LogP contribution in [0.2, 0.25) is 0 Å². The first kappa shape index (κ1) is 20.1. The van der Waals surface area contributed by atoms with E-state index in [0.717, 1.165) is 6.07 Å². The first-order chi connectivity index (χ1) is 12.7. The predicted octanol–water partition coefficient (Wildman–Crippen LogP) is 0.667. The van der Waals surface area contributed by atoms with Crippen LogP contribution in [0, 0.1) is 5.82 Å². The third-order valence-corrected chi connectivity index (χ3v) is 3.78. The van der Waals surface area contributed by atoms with Crippen molar-refractivity contribution in [2.75, 3.05) is 0 Å². The van der Waals surface area contributed by atoms with Gasteiger partial charge in [0, 0.05) is 0 Å². The van der Waals surface area contributed by atoms with Gasteiger partial charge in [-0.05, 0) is 48.2 Å². The van der Waals surface area contributed by atoms with Gasteiger partial charge in [0.05, 0.1) is 0 Å². The molecule has 2 aromatic rings. The fraction of sp³-hybridized carbons (Fsp3) is 0.222. The van der Waals surface area contributed by atoms with Crippen LogP contribution in [0.15, 0.2) is 36.4 Å². The molecule has 2 atom stereocenters. The molecule has 9 heteroatoms. The summed E-state index contributed by atoms with van der Waals surface area (Å²) in [6.45, 7) is 0. The molecule has 0 aliphatic rings. The molecule has 27 heavy (non-hydrogen) atoms. The number of phenols is 2. The van der Waals surface area contributed by atoms with Crippen LogP contribution in [0.5, 0.6) is 17.2 Å². The summed E-state index contributed by atoms with van der Waals surface area (Å²) in [5, 5.41) is 27.5. The lowest BCUT2D eigenvalue weighted by molar-refractivity contribution is -0.138. The van der Waals surface area contributed by atoms with Crippen molar-refractivity contribution in [3.63, 3.8) is 0 Å². The number of halogens is 1. The summed E-state index contributed by atoms with van der Waals surface area (Å²) in [5.74, 6) is -3.97. The van der Waals surface area contributed by atoms with Gasteiger partial charge in [-0.25, -0.2) is 9.18 Å². The van der Waals surface area contributed by atoms with Crippen molar-refractivity contribution in [2.24, 2.45) is 11.5 Å². The molecule has 0 amide bonds. The summed E-state index contributed by atoms with van der Waals surface area (Å²) in [4.78, 5) is 22.8. The van der Waals surface area contributed by atoms with Crippen LogP contribution in [0.1, 0.15) is 11.1 Å². The van der Waals surface area contributed by atoms with Crippen LogP contribution < -0.4 is 16.2 Å². The molecule has 0 radical (unpaired) electrons. The van der Waals surface area contributed by atoms with Gasteiger partial charge < -0.3 is 31.5 Å². The van der Waals surface area contributed by atoms with Crippen molar-refractivity contribution in [3.8, 4) is 17.2 Å². The van der Waals surface area contributed by atoms with Crippen molar-refractivity contribution >= 4 is 11.9 Å². The SMILES string of the molecule is N[C@@H](Cc1ccc(OC(=O)[C@@H](N)Cc2ccc(O)c(O)c2)c(F)c1)C(=O)O. The highest BCUT2D eigenvalue weighted by atomic mass is 19.1. The molecule has 7 N–H and O–H groups in total. The zero-order valence-electron chi connectivity index (χ0n) is 14.1. The molecule has 144 valence electrons. The predicted molar refractivity (Wildman–Crippen MR) is 92.8 cm³/mol. The number of carbonyl (C=O) groups excluding carboxylic acids is 1. The first-order valence-corrected chi connectivity index (χ1v) is 7.92. The Morgan fingerprint density at radius 1 is 0.963 bits per heavy atom. The molecule has 0 aromatic heterocycles. The summed E-state index contributed by atoms with van der Waals surface area (Å²) in [5.41, 5.74) is 12.0. The molecule has 0 spiro atoms. The minimum Gasteiger partial charge on any atom is -0.504 e. The van der Waals surface area contributed by atoms with Gasteiger partial charge >= 0.3 is 11.9 Å². The molecule has 2 aromatic carbocycles. The van der Waals surface area contributed by atoms with E-state index < -0.39 is 29.8 Å². The van der Waals surface area contributed by atoms with Gasteiger partial charge in [0.15, 0.2) is 23.1 Å². The first-order valence-electron chi connectivity index (χ1n) is 7.92. The molecule has 2 rings (SSSR count). The Kier molecular flexibility index (Phi) is 6.32. The number of esters is 1. The van der Waals surface area contributed by atoms with E-state index in [9.17, 15) is 24.2 Å². The Hall–Kier alpha value is -3.17. The molecule has 0 bridgehead atoms. The van der Waals surface area contributed by atoms with Gasteiger partial charge in [0.1, 0.15) is 12.1 Å². The largest absolute Gasteiger partial charge is 0.504 e. The number of nitrogens with two attached hydrogens (primary N) is 2. The highest BCUT2D eigenvalue weighted by molar-refractivity contribution is 5.78. The standard InChI is InChI=1S/C18H19FN2O6/c19-11-5-9(6-12(20)17(24)25)2-4-16(11)27-18(26)13(21)7-10-1-3-14(22)15(23)8-10/h1-5,8,12-13,22-23H,6-7,20-21H2,(H,24,25)/t12-,13-/m0/s1. The Labute approximate surface area is 153 Å². The zero-order chi connectivity index (χ0) is 20.1. The number of hydrogen-bond acceptors (Lipinski definition) is 7. The number of phenolic OH excluding ortho intramolecular Hbond substituents is 2. The third kappa shape index (κ3) is 5.40. The van der Waals surface area contributed by atoms with Crippen molar-refractivity contribution in [3.05, 3.63) is 53.3 Å². The van der Waals surface area contributed by atoms with E-state index in [1.54, 1.807) is 0 Å². The van der Waals surface area contributed by atoms with E-state index in [4.69, 9.17) is 21.3 Å². The van der Waals surface area contributed by atoms with E-state index in [0.29, 0.717) is 11.1 Å². The van der Waals surface area contributed by atoms with Gasteiger partial charge in [-0.1, -0.05) is 12.1 Å². The van der Waals surface area contributed by atoms with E-state index in [-0.39, 0.29) is 30.1 Å². The Morgan fingerprint density at radius 3 is 2.15 bits per heavy atom. The number of carbonyl (C=O) groups is 2. The maximum Gasteiger partial charge on any atom is 0.328 e. The Morgan fingerprint density at radius 2 is 1.56 bits per heavy atom. The van der Waals surface area contributed by atoms with E-state index >= 15 is 0 Å². The lowest BCUT2D eigenvalue weighted by Gasteiger charge is -2.13. The summed E-state index contributed by atoms with van der Waals surface area (Å²) < 4.78 is 19.0. The fourth-order valence-corrected chi connectivity index (χ4v) is 2.31. The minimum atomic E-state index is -1.21. The van der Waals surface area contributed by atoms with Crippen LogP contribution in [0.25, 0.3) is 0 Å². The van der Waals surface area contributed by atoms with Crippen LogP contribution >= 0.6 is 0 Å². The molecule has 0 fully saturated rings. The maximum atomic E-state index is 14.1. The second-order valence-corrected chi connectivity index (χ2v) is 5.97. The molecule has 0 aliphatic heterocycles. The lowest BCUT2D eigenvalue weighted by Crippen LogP contribution is -2.36. The number of carboxylic acids is 1. The van der Waals surface area contributed by atoms with Crippen molar-refractivity contribution in [1.29, 1.82) is 0 Å². The smallest absolute Gasteiger partial charge is 0.328 e.